The standard InChI is InChI=1S/C23H32N2O6S/c1-7-25(8-2)32(27,28)19-11-12-21(31-16(3)4)20(15-19)24-23(26)13-17-9-10-18(29-5)14-22(17)30-6/h9-12,14-16H,7-8,13H2,1-6H3,(H,24,26). The minimum atomic E-state index is -3.69. The van der Waals surface area contributed by atoms with Gasteiger partial charge in [0.2, 0.25) is 15.9 Å². The van der Waals surface area contributed by atoms with Crippen LogP contribution in [-0.4, -0.2) is 52.0 Å². The van der Waals surface area contributed by atoms with E-state index in [1.54, 1.807) is 45.2 Å². The zero-order valence-electron chi connectivity index (χ0n) is 19.5. The fraction of sp³-hybridized carbons (Fsp3) is 0.435. The second kappa shape index (κ2) is 11.2. The van der Waals surface area contributed by atoms with Gasteiger partial charge in [0.05, 0.1) is 37.3 Å². The van der Waals surface area contributed by atoms with Gasteiger partial charge >= 0.3 is 0 Å². The average molecular weight is 465 g/mol. The van der Waals surface area contributed by atoms with Gasteiger partial charge in [0.1, 0.15) is 17.2 Å². The van der Waals surface area contributed by atoms with Crippen molar-refractivity contribution in [1.82, 2.24) is 4.31 Å². The highest BCUT2D eigenvalue weighted by Gasteiger charge is 2.24. The molecule has 32 heavy (non-hydrogen) atoms. The maximum atomic E-state index is 12.9. The van der Waals surface area contributed by atoms with Crippen molar-refractivity contribution in [1.29, 1.82) is 0 Å². The van der Waals surface area contributed by atoms with Gasteiger partial charge in [-0.15, -0.1) is 0 Å². The molecule has 0 aliphatic carbocycles. The van der Waals surface area contributed by atoms with Gasteiger partial charge in [-0.05, 0) is 38.1 Å². The predicted molar refractivity (Wildman–Crippen MR) is 124 cm³/mol. The second-order valence-corrected chi connectivity index (χ2v) is 9.25. The van der Waals surface area contributed by atoms with Crippen LogP contribution in [0.5, 0.6) is 17.2 Å². The molecular weight excluding hydrogens is 432 g/mol. The minimum absolute atomic E-state index is 0.0291. The van der Waals surface area contributed by atoms with Crippen LogP contribution in [-0.2, 0) is 21.2 Å². The van der Waals surface area contributed by atoms with E-state index in [1.165, 1.54) is 23.5 Å². The highest BCUT2D eigenvalue weighted by molar-refractivity contribution is 7.89. The molecule has 0 unspecified atom stereocenters. The summed E-state index contributed by atoms with van der Waals surface area (Å²) in [6, 6.07) is 9.70. The van der Waals surface area contributed by atoms with Gasteiger partial charge in [-0.3, -0.25) is 4.79 Å². The Morgan fingerprint density at radius 2 is 1.69 bits per heavy atom. The Balaban J connectivity index is 2.36. The molecule has 0 aromatic heterocycles. The Morgan fingerprint density at radius 1 is 1.00 bits per heavy atom. The molecule has 0 saturated heterocycles. The molecule has 0 bridgehead atoms. The monoisotopic (exact) mass is 464 g/mol. The van der Waals surface area contributed by atoms with Crippen molar-refractivity contribution in [2.75, 3.05) is 32.6 Å². The number of methoxy groups -OCH3 is 2. The highest BCUT2D eigenvalue weighted by Crippen LogP contribution is 2.31. The van der Waals surface area contributed by atoms with E-state index in [0.29, 0.717) is 41.6 Å². The Kier molecular flexibility index (Phi) is 8.91. The molecule has 1 N–H and O–H groups in total. The van der Waals surface area contributed by atoms with Crippen molar-refractivity contribution >= 4 is 21.6 Å². The lowest BCUT2D eigenvalue weighted by Crippen LogP contribution is -2.30. The predicted octanol–water partition coefficient (Wildman–Crippen LogP) is 3.70. The number of amides is 1. The fourth-order valence-electron chi connectivity index (χ4n) is 3.20. The van der Waals surface area contributed by atoms with Crippen LogP contribution in [0.4, 0.5) is 5.69 Å². The quantitative estimate of drug-likeness (QED) is 0.545. The first kappa shape index (κ1) is 25.5. The maximum absolute atomic E-state index is 12.9. The number of anilines is 1. The lowest BCUT2D eigenvalue weighted by molar-refractivity contribution is -0.115. The zero-order valence-corrected chi connectivity index (χ0v) is 20.3. The molecule has 2 aromatic carbocycles. The molecule has 0 atom stereocenters. The van der Waals surface area contributed by atoms with Gasteiger partial charge in [-0.2, -0.15) is 4.31 Å². The molecule has 2 aromatic rings. The molecular formula is C23H32N2O6S. The number of ether oxygens (including phenoxy) is 3. The molecule has 0 aliphatic heterocycles. The van der Waals surface area contributed by atoms with Gasteiger partial charge in [0.25, 0.3) is 0 Å². The lowest BCUT2D eigenvalue weighted by Gasteiger charge is -2.21. The van der Waals surface area contributed by atoms with E-state index >= 15 is 0 Å². The molecule has 0 heterocycles. The largest absolute Gasteiger partial charge is 0.497 e. The Bertz CT molecular complexity index is 1030. The van der Waals surface area contributed by atoms with Crippen molar-refractivity contribution in [3.05, 3.63) is 42.0 Å². The molecule has 0 radical (unpaired) electrons. The number of carbonyl (C=O) groups excluding carboxylic acids is 1. The molecule has 2 rings (SSSR count). The minimum Gasteiger partial charge on any atom is -0.497 e. The van der Waals surface area contributed by atoms with E-state index in [-0.39, 0.29) is 23.3 Å². The van der Waals surface area contributed by atoms with Crippen LogP contribution in [0.15, 0.2) is 41.3 Å². The zero-order chi connectivity index (χ0) is 23.9. The number of hydrogen-bond donors (Lipinski definition) is 1. The molecule has 9 heteroatoms. The van der Waals surface area contributed by atoms with E-state index in [1.807, 2.05) is 13.8 Å². The highest BCUT2D eigenvalue weighted by atomic mass is 32.2. The van der Waals surface area contributed by atoms with E-state index in [2.05, 4.69) is 5.32 Å². The van der Waals surface area contributed by atoms with Crippen molar-refractivity contribution in [3.63, 3.8) is 0 Å². The summed E-state index contributed by atoms with van der Waals surface area (Å²) >= 11 is 0. The van der Waals surface area contributed by atoms with E-state index in [9.17, 15) is 13.2 Å². The van der Waals surface area contributed by atoms with Crippen LogP contribution in [0, 0.1) is 0 Å². The molecule has 1 amide bonds. The normalized spacial score (nSPS) is 11.5. The third-order valence-electron chi connectivity index (χ3n) is 4.78. The summed E-state index contributed by atoms with van der Waals surface area (Å²) in [5.74, 6) is 1.21. The van der Waals surface area contributed by atoms with Crippen LogP contribution in [0.1, 0.15) is 33.3 Å². The Morgan fingerprint density at radius 3 is 2.25 bits per heavy atom. The van der Waals surface area contributed by atoms with Crippen LogP contribution >= 0.6 is 0 Å². The molecule has 176 valence electrons. The number of hydrogen-bond acceptors (Lipinski definition) is 6. The first-order valence-corrected chi connectivity index (χ1v) is 11.9. The van der Waals surface area contributed by atoms with Crippen LogP contribution in [0.25, 0.3) is 0 Å². The van der Waals surface area contributed by atoms with Crippen molar-refractivity contribution in [2.24, 2.45) is 0 Å². The summed E-state index contributed by atoms with van der Waals surface area (Å²) in [7, 11) is -0.617. The van der Waals surface area contributed by atoms with Crippen molar-refractivity contribution in [3.8, 4) is 17.2 Å². The van der Waals surface area contributed by atoms with Gasteiger partial charge in [0, 0.05) is 24.7 Å². The Hall–Kier alpha value is -2.78. The summed E-state index contributed by atoms with van der Waals surface area (Å²) in [6.07, 6.45) is -0.126. The van der Waals surface area contributed by atoms with Crippen LogP contribution in [0.3, 0.4) is 0 Å². The van der Waals surface area contributed by atoms with Crippen molar-refractivity contribution in [2.45, 2.75) is 45.1 Å². The van der Waals surface area contributed by atoms with Gasteiger partial charge in [-0.25, -0.2) is 8.42 Å². The molecule has 8 nitrogen and oxygen atoms in total. The van der Waals surface area contributed by atoms with E-state index in [4.69, 9.17) is 14.2 Å². The summed E-state index contributed by atoms with van der Waals surface area (Å²) in [5, 5.41) is 2.80. The number of nitrogens with zero attached hydrogens (tertiary/aromatic N) is 1. The fourth-order valence-corrected chi connectivity index (χ4v) is 4.69. The number of benzene rings is 2. The number of sulfonamides is 1. The van der Waals surface area contributed by atoms with Crippen molar-refractivity contribution < 1.29 is 27.4 Å². The third-order valence-corrected chi connectivity index (χ3v) is 6.82. The SMILES string of the molecule is CCN(CC)S(=O)(=O)c1ccc(OC(C)C)c(NC(=O)Cc2ccc(OC)cc2OC)c1. The van der Waals surface area contributed by atoms with Gasteiger partial charge in [-0.1, -0.05) is 19.9 Å². The molecule has 0 aliphatic rings. The molecule has 0 fully saturated rings. The van der Waals surface area contributed by atoms with E-state index in [0.717, 1.165) is 0 Å². The Labute approximate surface area is 190 Å². The summed E-state index contributed by atoms with van der Waals surface area (Å²) in [5.41, 5.74) is 0.966. The number of rotatable bonds is 11. The smallest absolute Gasteiger partial charge is 0.243 e. The second-order valence-electron chi connectivity index (χ2n) is 7.32. The number of nitrogens with one attached hydrogen (secondary N) is 1. The van der Waals surface area contributed by atoms with Gasteiger partial charge in [0.15, 0.2) is 0 Å². The summed E-state index contributed by atoms with van der Waals surface area (Å²) in [6.45, 7) is 7.97. The first-order valence-electron chi connectivity index (χ1n) is 10.5. The third kappa shape index (κ3) is 6.14. The first-order chi connectivity index (χ1) is 15.2. The topological polar surface area (TPSA) is 94.2 Å². The van der Waals surface area contributed by atoms with Crippen LogP contribution in [0.2, 0.25) is 0 Å². The average Bonchev–Trinajstić information content (AvgIpc) is 2.75. The summed E-state index contributed by atoms with van der Waals surface area (Å²) < 4.78 is 43.6. The number of carbonyl (C=O) groups is 1. The lowest BCUT2D eigenvalue weighted by atomic mass is 10.1. The maximum Gasteiger partial charge on any atom is 0.243 e. The molecule has 0 saturated carbocycles. The molecule has 0 spiro atoms. The van der Waals surface area contributed by atoms with Crippen LogP contribution < -0.4 is 19.5 Å². The summed E-state index contributed by atoms with van der Waals surface area (Å²) in [4.78, 5) is 12.9. The van der Waals surface area contributed by atoms with Gasteiger partial charge < -0.3 is 19.5 Å². The van der Waals surface area contributed by atoms with E-state index < -0.39 is 10.0 Å².